The first kappa shape index (κ1) is 14.7. The zero-order valence-electron chi connectivity index (χ0n) is 13.7. The van der Waals surface area contributed by atoms with E-state index < -0.39 is 0 Å². The Bertz CT molecular complexity index is 1140. The number of nitriles is 1. The Balaban J connectivity index is 1.48. The number of fused-ring (bicyclic) bond motifs is 2. The Labute approximate surface area is 148 Å². The number of aromatic nitrogens is 4. The zero-order chi connectivity index (χ0) is 17.5. The third-order valence-electron chi connectivity index (χ3n) is 4.78. The van der Waals surface area contributed by atoms with Crippen LogP contribution in [0.4, 0.5) is 5.82 Å². The molecule has 5 rings (SSSR count). The van der Waals surface area contributed by atoms with Crippen LogP contribution in [0.5, 0.6) is 0 Å². The maximum absolute atomic E-state index is 9.06. The number of benzene rings is 1. The normalized spacial score (nSPS) is 15.7. The maximum atomic E-state index is 9.06. The molecule has 0 saturated carbocycles. The fourth-order valence-corrected chi connectivity index (χ4v) is 3.53. The summed E-state index contributed by atoms with van der Waals surface area (Å²) in [6, 6.07) is 10.2. The number of hydrogen-bond acceptors (Lipinski definition) is 6. The van der Waals surface area contributed by atoms with Crippen LogP contribution in [-0.2, 0) is 6.42 Å². The van der Waals surface area contributed by atoms with Crippen molar-refractivity contribution in [2.24, 2.45) is 0 Å². The molecule has 0 bridgehead atoms. The van der Waals surface area contributed by atoms with E-state index in [1.54, 1.807) is 12.4 Å². The Kier molecular flexibility index (Phi) is 3.22. The molecular weight excluding hydrogens is 328 g/mol. The molecule has 126 valence electrons. The van der Waals surface area contributed by atoms with Crippen LogP contribution in [-0.4, -0.2) is 20.2 Å². The monoisotopic (exact) mass is 342 g/mol. The summed E-state index contributed by atoms with van der Waals surface area (Å²) in [6.07, 6.45) is 6.73. The van der Waals surface area contributed by atoms with Crippen LogP contribution in [0.25, 0.3) is 22.4 Å². The SMILES string of the molecule is N#Cc1ccc2c(c1)CC[C@H]2Nc1cc2c(-c3cnco3)n[nH]c2cn1. The van der Waals surface area contributed by atoms with E-state index in [4.69, 9.17) is 9.68 Å². The van der Waals surface area contributed by atoms with Gasteiger partial charge in [0.15, 0.2) is 12.2 Å². The highest BCUT2D eigenvalue weighted by Crippen LogP contribution is 2.35. The quantitative estimate of drug-likeness (QED) is 0.590. The second kappa shape index (κ2) is 5.70. The van der Waals surface area contributed by atoms with Crippen LogP contribution in [0.3, 0.4) is 0 Å². The molecule has 3 heterocycles. The molecule has 4 aromatic rings. The molecule has 1 aliphatic rings. The van der Waals surface area contributed by atoms with Crippen molar-refractivity contribution in [2.45, 2.75) is 18.9 Å². The minimum absolute atomic E-state index is 0.184. The number of nitrogens with zero attached hydrogens (tertiary/aromatic N) is 4. The van der Waals surface area contributed by atoms with Gasteiger partial charge in [-0.25, -0.2) is 9.97 Å². The lowest BCUT2D eigenvalue weighted by Gasteiger charge is -2.15. The van der Waals surface area contributed by atoms with E-state index in [-0.39, 0.29) is 6.04 Å². The molecule has 0 aliphatic heterocycles. The van der Waals surface area contributed by atoms with Gasteiger partial charge in [-0.2, -0.15) is 10.4 Å². The van der Waals surface area contributed by atoms with Gasteiger partial charge in [-0.15, -0.1) is 0 Å². The topological polar surface area (TPSA) is 103 Å². The number of nitrogens with one attached hydrogen (secondary N) is 2. The molecule has 26 heavy (non-hydrogen) atoms. The van der Waals surface area contributed by atoms with Gasteiger partial charge in [-0.3, -0.25) is 5.10 Å². The van der Waals surface area contributed by atoms with E-state index in [0.29, 0.717) is 17.0 Å². The highest BCUT2D eigenvalue weighted by Gasteiger charge is 2.23. The summed E-state index contributed by atoms with van der Waals surface area (Å²) < 4.78 is 5.37. The Morgan fingerprint density at radius 1 is 1.27 bits per heavy atom. The van der Waals surface area contributed by atoms with Crippen molar-refractivity contribution in [1.82, 2.24) is 20.2 Å². The van der Waals surface area contributed by atoms with Crippen LogP contribution in [0.1, 0.15) is 29.2 Å². The summed E-state index contributed by atoms with van der Waals surface area (Å²) in [6.45, 7) is 0. The van der Waals surface area contributed by atoms with Crippen LogP contribution in [0.15, 0.2) is 47.5 Å². The third-order valence-corrected chi connectivity index (χ3v) is 4.78. The van der Waals surface area contributed by atoms with E-state index in [1.165, 1.54) is 17.5 Å². The largest absolute Gasteiger partial charge is 0.442 e. The number of pyridine rings is 1. The zero-order valence-corrected chi connectivity index (χ0v) is 13.7. The number of rotatable bonds is 3. The Morgan fingerprint density at radius 2 is 2.23 bits per heavy atom. The van der Waals surface area contributed by atoms with Gasteiger partial charge in [0, 0.05) is 5.39 Å². The standard InChI is InChI=1S/C19H14N6O/c20-7-11-1-3-13-12(5-11)2-4-15(13)23-18-6-14-16(8-22-18)24-25-19(14)17-9-21-10-26-17/h1,3,5-6,8-10,15H,2,4H2,(H,22,23)(H,24,25)/t15-/m1/s1. The first-order valence-electron chi connectivity index (χ1n) is 8.34. The highest BCUT2D eigenvalue weighted by molar-refractivity contribution is 5.92. The van der Waals surface area contributed by atoms with Gasteiger partial charge in [-0.1, -0.05) is 6.07 Å². The van der Waals surface area contributed by atoms with Crippen molar-refractivity contribution < 1.29 is 4.42 Å². The molecule has 1 aliphatic carbocycles. The average Bonchev–Trinajstić information content (AvgIpc) is 3.40. The summed E-state index contributed by atoms with van der Waals surface area (Å²) in [5, 5.41) is 20.8. The lowest BCUT2D eigenvalue weighted by atomic mass is 10.1. The number of H-pyrrole nitrogens is 1. The second-order valence-electron chi connectivity index (χ2n) is 6.31. The molecule has 7 nitrogen and oxygen atoms in total. The highest BCUT2D eigenvalue weighted by atomic mass is 16.3. The molecule has 1 aromatic carbocycles. The fourth-order valence-electron chi connectivity index (χ4n) is 3.53. The van der Waals surface area contributed by atoms with Gasteiger partial charge < -0.3 is 9.73 Å². The molecule has 0 amide bonds. The van der Waals surface area contributed by atoms with Crippen molar-refractivity contribution in [3.05, 3.63) is 59.7 Å². The molecule has 0 spiro atoms. The van der Waals surface area contributed by atoms with E-state index in [0.717, 1.165) is 29.6 Å². The Hall–Kier alpha value is -3.66. The van der Waals surface area contributed by atoms with E-state index in [1.807, 2.05) is 24.3 Å². The predicted octanol–water partition coefficient (Wildman–Crippen LogP) is 3.58. The van der Waals surface area contributed by atoms with Crippen LogP contribution in [0.2, 0.25) is 0 Å². The van der Waals surface area contributed by atoms with Crippen molar-refractivity contribution in [3.8, 4) is 17.5 Å². The van der Waals surface area contributed by atoms with Crippen LogP contribution in [0, 0.1) is 11.3 Å². The smallest absolute Gasteiger partial charge is 0.181 e. The van der Waals surface area contributed by atoms with Gasteiger partial charge >= 0.3 is 0 Å². The molecule has 0 unspecified atom stereocenters. The van der Waals surface area contributed by atoms with Crippen molar-refractivity contribution >= 4 is 16.7 Å². The molecule has 3 aromatic heterocycles. The van der Waals surface area contributed by atoms with Crippen molar-refractivity contribution in [1.29, 1.82) is 5.26 Å². The number of hydrogen-bond donors (Lipinski definition) is 2. The maximum Gasteiger partial charge on any atom is 0.181 e. The van der Waals surface area contributed by atoms with E-state index in [2.05, 4.69) is 31.6 Å². The third kappa shape index (κ3) is 2.31. The molecule has 2 N–H and O–H groups in total. The summed E-state index contributed by atoms with van der Waals surface area (Å²) in [7, 11) is 0. The number of anilines is 1. The summed E-state index contributed by atoms with van der Waals surface area (Å²) in [4.78, 5) is 8.45. The lowest BCUT2D eigenvalue weighted by molar-refractivity contribution is 0.570. The first-order valence-corrected chi connectivity index (χ1v) is 8.34. The lowest BCUT2D eigenvalue weighted by Crippen LogP contribution is -2.08. The molecule has 0 fully saturated rings. The second-order valence-corrected chi connectivity index (χ2v) is 6.31. The Morgan fingerprint density at radius 3 is 3.08 bits per heavy atom. The number of aromatic amines is 1. The molecule has 1 atom stereocenters. The number of oxazole rings is 1. The minimum Gasteiger partial charge on any atom is -0.442 e. The summed E-state index contributed by atoms with van der Waals surface area (Å²) in [5.74, 6) is 1.39. The summed E-state index contributed by atoms with van der Waals surface area (Å²) >= 11 is 0. The molecule has 0 radical (unpaired) electrons. The van der Waals surface area contributed by atoms with Gasteiger partial charge in [0.25, 0.3) is 0 Å². The van der Waals surface area contributed by atoms with E-state index in [9.17, 15) is 0 Å². The predicted molar refractivity (Wildman–Crippen MR) is 95.2 cm³/mol. The van der Waals surface area contributed by atoms with Gasteiger partial charge in [0.2, 0.25) is 0 Å². The minimum atomic E-state index is 0.184. The van der Waals surface area contributed by atoms with Crippen molar-refractivity contribution in [3.63, 3.8) is 0 Å². The average molecular weight is 342 g/mol. The molecule has 7 heteroatoms. The van der Waals surface area contributed by atoms with Gasteiger partial charge in [-0.05, 0) is 42.2 Å². The fraction of sp³-hybridized carbons (Fsp3) is 0.158. The van der Waals surface area contributed by atoms with Crippen molar-refractivity contribution in [2.75, 3.05) is 5.32 Å². The first-order chi connectivity index (χ1) is 12.8. The van der Waals surface area contributed by atoms with Crippen LogP contribution >= 0.6 is 0 Å². The van der Waals surface area contributed by atoms with E-state index >= 15 is 0 Å². The van der Waals surface area contributed by atoms with Crippen LogP contribution < -0.4 is 5.32 Å². The number of aryl methyl sites for hydroxylation is 1. The summed E-state index contributed by atoms with van der Waals surface area (Å²) in [5.41, 5.74) is 4.72. The molecular formula is C19H14N6O. The molecule has 0 saturated heterocycles. The van der Waals surface area contributed by atoms with Gasteiger partial charge in [0.1, 0.15) is 11.5 Å². The van der Waals surface area contributed by atoms with Gasteiger partial charge in [0.05, 0.1) is 35.6 Å².